The maximum Gasteiger partial charge on any atom is 0.255 e. The highest BCUT2D eigenvalue weighted by atomic mass is 19.1. The summed E-state index contributed by atoms with van der Waals surface area (Å²) in [5.74, 6) is 0.862. The molecule has 2 N–H and O–H groups in total. The number of carbonyl (C=O) groups is 1. The number of methoxy groups -OCH3 is 2. The summed E-state index contributed by atoms with van der Waals surface area (Å²) in [6.07, 6.45) is 1.40. The molecule has 0 saturated carbocycles. The minimum atomic E-state index is -0.575. The molecule has 2 heterocycles. The van der Waals surface area contributed by atoms with Crippen molar-refractivity contribution in [2.75, 3.05) is 24.9 Å². The number of anilines is 2. The Labute approximate surface area is 172 Å². The van der Waals surface area contributed by atoms with Crippen molar-refractivity contribution in [1.29, 1.82) is 0 Å². The maximum absolute atomic E-state index is 13.5. The fourth-order valence-electron chi connectivity index (χ4n) is 3.43. The van der Waals surface area contributed by atoms with E-state index in [1.807, 2.05) is 0 Å². The zero-order valence-corrected chi connectivity index (χ0v) is 16.6. The fraction of sp³-hybridized carbons (Fsp3) is 0.190. The van der Waals surface area contributed by atoms with Gasteiger partial charge in [0.05, 0.1) is 25.5 Å². The lowest BCUT2D eigenvalue weighted by molar-refractivity contribution is -0.113. The van der Waals surface area contributed by atoms with Gasteiger partial charge in [-0.25, -0.2) is 9.07 Å². The summed E-state index contributed by atoms with van der Waals surface area (Å²) in [5, 5.41) is 10.3. The third-order valence-electron chi connectivity index (χ3n) is 4.88. The molecule has 0 unspecified atom stereocenters. The van der Waals surface area contributed by atoms with E-state index in [0.717, 1.165) is 0 Å². The summed E-state index contributed by atoms with van der Waals surface area (Å²) in [4.78, 5) is 17.5. The predicted octanol–water partition coefficient (Wildman–Crippen LogP) is 3.36. The lowest BCUT2D eigenvalue weighted by atomic mass is 9.95. The Morgan fingerprint density at radius 2 is 1.93 bits per heavy atom. The average Bonchev–Trinajstić information content (AvgIpc) is 3.21. The molecule has 1 aliphatic rings. The van der Waals surface area contributed by atoms with E-state index in [2.05, 4.69) is 20.7 Å². The molecule has 2 aromatic carbocycles. The summed E-state index contributed by atoms with van der Waals surface area (Å²) in [5.41, 5.74) is 2.24. The minimum absolute atomic E-state index is 0.348. The van der Waals surface area contributed by atoms with Gasteiger partial charge in [-0.1, -0.05) is 12.1 Å². The number of carbonyl (C=O) groups excluding carboxylic acids is 1. The summed E-state index contributed by atoms with van der Waals surface area (Å²) in [7, 11) is 3.07. The van der Waals surface area contributed by atoms with Gasteiger partial charge < -0.3 is 20.1 Å². The smallest absolute Gasteiger partial charge is 0.255 e. The second kappa shape index (κ2) is 7.86. The van der Waals surface area contributed by atoms with E-state index in [0.29, 0.717) is 40.0 Å². The van der Waals surface area contributed by atoms with Crippen LogP contribution in [0.4, 0.5) is 16.0 Å². The first kappa shape index (κ1) is 19.4. The van der Waals surface area contributed by atoms with Crippen LogP contribution in [0.2, 0.25) is 0 Å². The zero-order valence-electron chi connectivity index (χ0n) is 16.6. The highest BCUT2D eigenvalue weighted by Crippen LogP contribution is 2.36. The average molecular weight is 409 g/mol. The molecular formula is C21H20FN5O3. The van der Waals surface area contributed by atoms with Crippen molar-refractivity contribution >= 4 is 17.5 Å². The molecule has 9 heteroatoms. The molecule has 1 amide bonds. The summed E-state index contributed by atoms with van der Waals surface area (Å²) in [6.45, 7) is 1.79. The summed E-state index contributed by atoms with van der Waals surface area (Å²) >= 11 is 0. The molecule has 0 spiro atoms. The second-order valence-corrected chi connectivity index (χ2v) is 6.67. The lowest BCUT2D eigenvalue weighted by Gasteiger charge is -2.29. The van der Waals surface area contributed by atoms with E-state index in [1.54, 1.807) is 49.0 Å². The number of nitrogens with zero attached hydrogens (tertiary/aromatic N) is 3. The van der Waals surface area contributed by atoms with Crippen molar-refractivity contribution in [1.82, 2.24) is 14.8 Å². The second-order valence-electron chi connectivity index (χ2n) is 6.67. The first-order chi connectivity index (χ1) is 14.5. The number of amides is 1. The Bertz CT molecular complexity index is 1120. The van der Waals surface area contributed by atoms with E-state index in [9.17, 15) is 9.18 Å². The van der Waals surface area contributed by atoms with E-state index in [1.165, 1.54) is 25.6 Å². The van der Waals surface area contributed by atoms with Crippen molar-refractivity contribution in [3.8, 4) is 11.5 Å². The molecule has 0 saturated heterocycles. The van der Waals surface area contributed by atoms with Crippen LogP contribution in [0.25, 0.3) is 0 Å². The van der Waals surface area contributed by atoms with E-state index in [4.69, 9.17) is 9.47 Å². The molecule has 3 aromatic rings. The molecule has 1 atom stereocenters. The van der Waals surface area contributed by atoms with Crippen LogP contribution in [0.15, 0.2) is 60.1 Å². The van der Waals surface area contributed by atoms with Crippen molar-refractivity contribution in [3.63, 3.8) is 0 Å². The molecule has 30 heavy (non-hydrogen) atoms. The SMILES string of the molecule is COc1ccc(NC(=O)C2=C(C)Nc3ncnn3[C@H]2c2ccc(F)cc2)c(OC)c1. The first-order valence-corrected chi connectivity index (χ1v) is 9.18. The van der Waals surface area contributed by atoms with Crippen molar-refractivity contribution in [3.05, 3.63) is 71.4 Å². The molecule has 0 fully saturated rings. The quantitative estimate of drug-likeness (QED) is 0.672. The van der Waals surface area contributed by atoms with Gasteiger partial charge in [-0.05, 0) is 36.8 Å². The fourth-order valence-corrected chi connectivity index (χ4v) is 3.43. The van der Waals surface area contributed by atoms with E-state index < -0.39 is 6.04 Å². The standard InChI is InChI=1S/C21H20FN5O3/c1-12-18(20(28)26-16-9-8-15(29-2)10-17(16)30-3)19(13-4-6-14(22)7-5-13)27-21(25-12)23-11-24-27/h4-11,19H,1-3H3,(H,26,28)(H,23,24,25)/t19-/m0/s1. The third-order valence-corrected chi connectivity index (χ3v) is 4.88. The number of ether oxygens (including phenoxy) is 2. The molecule has 0 bridgehead atoms. The van der Waals surface area contributed by atoms with Crippen molar-refractivity contribution < 1.29 is 18.7 Å². The summed E-state index contributed by atoms with van der Waals surface area (Å²) < 4.78 is 25.7. The van der Waals surface area contributed by atoms with Gasteiger partial charge in [-0.15, -0.1) is 0 Å². The van der Waals surface area contributed by atoms with Crippen molar-refractivity contribution in [2.24, 2.45) is 0 Å². The molecule has 4 rings (SSSR count). The first-order valence-electron chi connectivity index (χ1n) is 9.18. The molecule has 1 aromatic heterocycles. The van der Waals surface area contributed by atoms with Crippen LogP contribution in [-0.2, 0) is 4.79 Å². The van der Waals surface area contributed by atoms with Gasteiger partial charge >= 0.3 is 0 Å². The largest absolute Gasteiger partial charge is 0.497 e. The highest BCUT2D eigenvalue weighted by molar-refractivity contribution is 6.06. The van der Waals surface area contributed by atoms with Gasteiger partial charge in [-0.3, -0.25) is 4.79 Å². The number of rotatable bonds is 5. The number of aromatic nitrogens is 3. The number of halogens is 1. The number of allylic oxidation sites excluding steroid dienone is 1. The normalized spacial score (nSPS) is 15.3. The van der Waals surface area contributed by atoms with Gasteiger partial charge in [0.1, 0.15) is 29.7 Å². The van der Waals surface area contributed by atoms with Crippen LogP contribution in [0, 0.1) is 5.82 Å². The predicted molar refractivity (Wildman–Crippen MR) is 109 cm³/mol. The molecule has 1 aliphatic heterocycles. The van der Waals surface area contributed by atoms with Crippen LogP contribution in [0.5, 0.6) is 11.5 Å². The molecule has 0 aliphatic carbocycles. The van der Waals surface area contributed by atoms with E-state index in [-0.39, 0.29) is 11.7 Å². The van der Waals surface area contributed by atoms with Crippen LogP contribution in [-0.4, -0.2) is 34.9 Å². The van der Waals surface area contributed by atoms with Crippen LogP contribution < -0.4 is 20.1 Å². The monoisotopic (exact) mass is 409 g/mol. The number of fused-ring (bicyclic) bond motifs is 1. The number of hydrogen-bond acceptors (Lipinski definition) is 6. The number of hydrogen-bond donors (Lipinski definition) is 2. The molecule has 154 valence electrons. The maximum atomic E-state index is 13.5. The van der Waals surface area contributed by atoms with Crippen LogP contribution in [0.3, 0.4) is 0 Å². The molecular weight excluding hydrogens is 389 g/mol. The minimum Gasteiger partial charge on any atom is -0.497 e. The Balaban J connectivity index is 1.74. The molecule has 0 radical (unpaired) electrons. The Morgan fingerprint density at radius 1 is 1.17 bits per heavy atom. The molecule has 8 nitrogen and oxygen atoms in total. The third kappa shape index (κ3) is 3.45. The Kier molecular flexibility index (Phi) is 5.09. The zero-order chi connectivity index (χ0) is 21.3. The number of benzene rings is 2. The Morgan fingerprint density at radius 3 is 2.63 bits per heavy atom. The van der Waals surface area contributed by atoms with Crippen LogP contribution >= 0.6 is 0 Å². The van der Waals surface area contributed by atoms with E-state index >= 15 is 0 Å². The van der Waals surface area contributed by atoms with Gasteiger partial charge in [0.15, 0.2) is 0 Å². The van der Waals surface area contributed by atoms with Gasteiger partial charge in [0.25, 0.3) is 5.91 Å². The van der Waals surface area contributed by atoms with Gasteiger partial charge in [0.2, 0.25) is 5.95 Å². The number of nitrogens with one attached hydrogen (secondary N) is 2. The van der Waals surface area contributed by atoms with Gasteiger partial charge in [-0.2, -0.15) is 10.1 Å². The van der Waals surface area contributed by atoms with Gasteiger partial charge in [0, 0.05) is 11.8 Å². The topological polar surface area (TPSA) is 90.3 Å². The highest BCUT2D eigenvalue weighted by Gasteiger charge is 2.33. The van der Waals surface area contributed by atoms with Crippen molar-refractivity contribution in [2.45, 2.75) is 13.0 Å². The lowest BCUT2D eigenvalue weighted by Crippen LogP contribution is -2.31. The van der Waals surface area contributed by atoms with Crippen LogP contribution in [0.1, 0.15) is 18.5 Å². The summed E-state index contributed by atoms with van der Waals surface area (Å²) in [6, 6.07) is 10.5. The Hall–Kier alpha value is -3.88.